The number of hydrogen-bond acceptors (Lipinski definition) is 19. The van der Waals surface area contributed by atoms with Crippen LogP contribution in [0.3, 0.4) is 0 Å². The van der Waals surface area contributed by atoms with Crippen LogP contribution < -0.4 is 0 Å². The number of carbonyl (C=O) groups excluding carboxylic acids is 1. The highest BCUT2D eigenvalue weighted by molar-refractivity contribution is 5.88. The van der Waals surface area contributed by atoms with Crippen LogP contribution in [0.4, 0.5) is 0 Å². The summed E-state index contributed by atoms with van der Waals surface area (Å²) in [6, 6.07) is 0. The van der Waals surface area contributed by atoms with Gasteiger partial charge < -0.3 is 87.5 Å². The minimum absolute atomic E-state index is 0.0345. The van der Waals surface area contributed by atoms with Crippen molar-refractivity contribution in [3.8, 4) is 0 Å². The second kappa shape index (κ2) is 29.5. The smallest absolute Gasteiger partial charge is 0.333 e. The van der Waals surface area contributed by atoms with E-state index in [9.17, 15) is 35.4 Å². The fraction of sp³-hybridized carbons (Fsp3) is 0.810. The lowest BCUT2D eigenvalue weighted by atomic mass is 9.77. The third kappa shape index (κ3) is 17.7. The van der Waals surface area contributed by atoms with Gasteiger partial charge in [0.05, 0.1) is 67.1 Å². The Morgan fingerprint density at radius 3 is 2.12 bits per heavy atom. The number of ether oxygens (including phenoxy) is 12. The highest BCUT2D eigenvalue weighted by Crippen LogP contribution is 2.43. The van der Waals surface area contributed by atoms with Crippen molar-refractivity contribution in [1.29, 1.82) is 0 Å². The van der Waals surface area contributed by atoms with Crippen molar-refractivity contribution in [3.05, 3.63) is 58.7 Å². The summed E-state index contributed by atoms with van der Waals surface area (Å²) >= 11 is 0. The van der Waals surface area contributed by atoms with Crippen LogP contribution in [0.25, 0.3) is 0 Å². The van der Waals surface area contributed by atoms with Crippen LogP contribution in [0.2, 0.25) is 0 Å². The number of carbonyl (C=O) groups is 1. The summed E-state index contributed by atoms with van der Waals surface area (Å²) in [5.74, 6) is -4.04. The van der Waals surface area contributed by atoms with Crippen molar-refractivity contribution in [2.75, 3.05) is 35.0 Å². The number of allylic oxidation sites excluding steroid dienone is 7. The molecule has 5 rings (SSSR count). The SMILES string of the molecule is COC[C@H](C[C@@H]1O[C@](O)(CC2C[C@@H](OC)CCC/C=C(C)/C=C/[C@H](O[C@H]3O[C@H](C)[C@@H](OC)[C@H](O)[C@H]3O)[C@@H](C)/C=C(C)/C=C(C)/C=C(\C)C(=O)O2)[C@@H](C)[C@H](O)[C@@H]1C)O[C@@H]1C[C@@](C)(O)[C@H](O[C@@H]2C[C@H](OC)[C@@H](O)[C@H](C)O2)[C@@H](C)O1. The molecule has 0 aromatic rings. The van der Waals surface area contributed by atoms with Crippen molar-refractivity contribution >= 4 is 5.97 Å². The largest absolute Gasteiger partial charge is 0.459 e. The van der Waals surface area contributed by atoms with Crippen LogP contribution in [-0.4, -0.2) is 193 Å². The quantitative estimate of drug-likeness (QED) is 0.109. The second-order valence-corrected chi connectivity index (χ2v) is 22.8. The molecule has 0 radical (unpaired) electrons. The van der Waals surface area contributed by atoms with Crippen LogP contribution in [0.1, 0.15) is 128 Å². The van der Waals surface area contributed by atoms with Crippen LogP contribution in [0.15, 0.2) is 58.7 Å². The maximum Gasteiger partial charge on any atom is 0.333 e. The topological polar surface area (TPSA) is 249 Å². The number of aliphatic hydroxyl groups excluding tert-OH is 4. The Balaban J connectivity index is 1.33. The van der Waals surface area contributed by atoms with Crippen molar-refractivity contribution in [2.24, 2.45) is 17.8 Å². The zero-order valence-corrected chi connectivity index (χ0v) is 48.4. The molecule has 0 aromatic carbocycles. The molecule has 4 saturated heterocycles. The Bertz CT molecular complexity index is 2010. The second-order valence-electron chi connectivity index (χ2n) is 22.8. The summed E-state index contributed by atoms with van der Waals surface area (Å²) in [6.07, 6.45) is 0.145. The number of esters is 1. The summed E-state index contributed by atoms with van der Waals surface area (Å²) in [5, 5.41) is 68.5. The Morgan fingerprint density at radius 1 is 0.766 bits per heavy atom. The van der Waals surface area contributed by atoms with E-state index in [1.165, 1.54) is 21.3 Å². The lowest BCUT2D eigenvalue weighted by Gasteiger charge is -2.50. The molecule has 5 heterocycles. The van der Waals surface area contributed by atoms with Gasteiger partial charge in [-0.1, -0.05) is 67.9 Å². The van der Waals surface area contributed by atoms with Gasteiger partial charge in [0.2, 0.25) is 0 Å². The Morgan fingerprint density at radius 2 is 1.47 bits per heavy atom. The van der Waals surface area contributed by atoms with E-state index in [-0.39, 0.29) is 50.7 Å². The van der Waals surface area contributed by atoms with Crippen molar-refractivity contribution < 1.29 is 92.3 Å². The molecule has 1 unspecified atom stereocenters. The molecule has 23 atom stereocenters. The van der Waals surface area contributed by atoms with Crippen molar-refractivity contribution in [2.45, 2.75) is 249 Å². The molecule has 0 bridgehead atoms. The first kappa shape index (κ1) is 65.3. The van der Waals surface area contributed by atoms with Gasteiger partial charge >= 0.3 is 5.97 Å². The standard InChI is InChI=1S/C58H96O19/c1-31-18-16-17-19-41(67-13)25-42(74-55(63)35(5)24-33(3)22-32(2)23-34(4)44(21-20-31)75-56-52(62)51(61)53(69-15)39(9)72-56)28-58(65)37(7)49(59)36(6)45(77-58)26-43(30-66-12)73-48-29-57(11,64)54(40(10)71-48)76-47-27-46(68-14)50(60)38(8)70-47/h18,20-24,34,36-54,56,59-62,64-65H,16-17,19,25-30H2,1-15H3/b21-20+,31-18+,32-23+,33-22+,35-24+/t34-,36+,37-,38-,39+,40+,41-,42?,43-,44-,45-,46-,47+,48+,49+,50-,51+,52+,53+,54+,56+,57+,58+/m0/s1. The minimum atomic E-state index is -1.96. The molecule has 5 aliphatic heterocycles. The van der Waals surface area contributed by atoms with Crippen LogP contribution >= 0.6 is 0 Å². The minimum Gasteiger partial charge on any atom is -0.459 e. The van der Waals surface area contributed by atoms with E-state index >= 15 is 0 Å². The molecule has 0 aliphatic carbocycles. The predicted molar refractivity (Wildman–Crippen MR) is 285 cm³/mol. The molecule has 19 heteroatoms. The molecule has 0 spiro atoms. The maximum absolute atomic E-state index is 14.1. The van der Waals surface area contributed by atoms with Crippen LogP contribution in [0, 0.1) is 17.8 Å². The third-order valence-corrected chi connectivity index (χ3v) is 16.1. The van der Waals surface area contributed by atoms with Gasteiger partial charge in [0.25, 0.3) is 0 Å². The van der Waals surface area contributed by atoms with Gasteiger partial charge in [-0.3, -0.25) is 0 Å². The van der Waals surface area contributed by atoms with Crippen LogP contribution in [0.5, 0.6) is 0 Å². The zero-order chi connectivity index (χ0) is 57.1. The Hall–Kier alpha value is -2.51. The maximum atomic E-state index is 14.1. The fourth-order valence-electron chi connectivity index (χ4n) is 11.6. The van der Waals surface area contributed by atoms with E-state index in [2.05, 4.69) is 6.08 Å². The molecule has 0 saturated carbocycles. The molecule has 19 nitrogen and oxygen atoms in total. The van der Waals surface area contributed by atoms with Gasteiger partial charge in [0.15, 0.2) is 24.7 Å². The van der Waals surface area contributed by atoms with Gasteiger partial charge in [0.1, 0.15) is 36.6 Å². The van der Waals surface area contributed by atoms with Gasteiger partial charge in [-0.15, -0.1) is 0 Å². The first-order chi connectivity index (χ1) is 36.2. The highest BCUT2D eigenvalue weighted by Gasteiger charge is 2.53. The van der Waals surface area contributed by atoms with E-state index in [1.54, 1.807) is 54.7 Å². The van der Waals surface area contributed by atoms with Crippen LogP contribution in [-0.2, 0) is 61.6 Å². The normalized spacial score (nSPS) is 46.2. The summed E-state index contributed by atoms with van der Waals surface area (Å²) in [7, 11) is 6.12. The highest BCUT2D eigenvalue weighted by atomic mass is 16.7. The molecule has 442 valence electrons. The first-order valence-corrected chi connectivity index (χ1v) is 27.7. The number of rotatable bonds is 15. The summed E-state index contributed by atoms with van der Waals surface area (Å²) in [4.78, 5) is 14.1. The van der Waals surface area contributed by atoms with E-state index in [0.29, 0.717) is 18.4 Å². The summed E-state index contributed by atoms with van der Waals surface area (Å²) in [6.45, 7) is 20.1. The molecule has 0 aromatic heterocycles. The average molecular weight is 1100 g/mol. The monoisotopic (exact) mass is 1100 g/mol. The lowest BCUT2D eigenvalue weighted by molar-refractivity contribution is -0.343. The van der Waals surface area contributed by atoms with E-state index < -0.39 is 134 Å². The molecule has 6 N–H and O–H groups in total. The molecule has 4 fully saturated rings. The Kier molecular flexibility index (Phi) is 25.0. The number of methoxy groups -OCH3 is 4. The summed E-state index contributed by atoms with van der Waals surface area (Å²) < 4.78 is 72.9. The average Bonchev–Trinajstić information content (AvgIpc) is 3.35. The van der Waals surface area contributed by atoms with Crippen molar-refractivity contribution in [1.82, 2.24) is 0 Å². The van der Waals surface area contributed by atoms with Gasteiger partial charge in [-0.2, -0.15) is 0 Å². The summed E-state index contributed by atoms with van der Waals surface area (Å²) in [5.41, 5.74) is 1.54. The van der Waals surface area contributed by atoms with Gasteiger partial charge in [0, 0.05) is 83.9 Å². The molecule has 0 amide bonds. The molecule has 77 heavy (non-hydrogen) atoms. The van der Waals surface area contributed by atoms with Gasteiger partial charge in [-0.05, 0) is 80.7 Å². The van der Waals surface area contributed by atoms with E-state index in [0.717, 1.165) is 23.1 Å². The predicted octanol–water partition coefficient (Wildman–Crippen LogP) is 5.65. The first-order valence-electron chi connectivity index (χ1n) is 27.7. The molecular formula is C58H96O19. The Labute approximate surface area is 457 Å². The number of cyclic esters (lactones) is 1. The molecule has 5 aliphatic rings. The lowest BCUT2D eigenvalue weighted by Crippen LogP contribution is -2.60. The van der Waals surface area contributed by atoms with Gasteiger partial charge in [-0.25, -0.2) is 4.79 Å². The van der Waals surface area contributed by atoms with Crippen molar-refractivity contribution in [3.63, 3.8) is 0 Å². The van der Waals surface area contributed by atoms with E-state index in [1.807, 2.05) is 58.9 Å². The third-order valence-electron chi connectivity index (χ3n) is 16.1. The van der Waals surface area contributed by atoms with E-state index in [4.69, 9.17) is 56.8 Å². The number of hydrogen-bond donors (Lipinski definition) is 6. The number of aliphatic hydroxyl groups is 6. The zero-order valence-electron chi connectivity index (χ0n) is 48.4. The fourth-order valence-corrected chi connectivity index (χ4v) is 11.6. The molecular weight excluding hydrogens is 1000 g/mol.